The Morgan fingerprint density at radius 2 is 1.76 bits per heavy atom. The first-order chi connectivity index (χ1) is 8.34. The number of hydrogen-bond acceptors (Lipinski definition) is 1. The quantitative estimate of drug-likeness (QED) is 0.475. The molecule has 2 heteroatoms. The molecule has 0 spiro atoms. The fraction of sp³-hybridized carbons (Fsp3) is 0.467. The predicted molar refractivity (Wildman–Crippen MR) is 78.6 cm³/mol. The summed E-state index contributed by atoms with van der Waals surface area (Å²) in [5, 5.41) is 1.11. The number of rotatable bonds is 9. The minimum absolute atomic E-state index is 0.641. The summed E-state index contributed by atoms with van der Waals surface area (Å²) < 4.78 is 5.62. The van der Waals surface area contributed by atoms with E-state index in [4.69, 9.17) is 4.74 Å². The van der Waals surface area contributed by atoms with Gasteiger partial charge < -0.3 is 4.74 Å². The second-order valence-electron chi connectivity index (χ2n) is 4.13. The average Bonchev–Trinajstić information content (AvgIpc) is 2.38. The number of hydrogen-bond donors (Lipinski definition) is 0. The molecule has 0 heterocycles. The third kappa shape index (κ3) is 6.64. The van der Waals surface area contributed by atoms with Crippen LogP contribution in [0.5, 0.6) is 0 Å². The maximum Gasteiger partial charge on any atom is 0.0716 e. The van der Waals surface area contributed by atoms with Gasteiger partial charge in [0.2, 0.25) is 0 Å². The topological polar surface area (TPSA) is 9.23 Å². The van der Waals surface area contributed by atoms with E-state index in [1.165, 1.54) is 24.8 Å². The lowest BCUT2D eigenvalue weighted by atomic mass is 10.1. The molecule has 1 aromatic rings. The van der Waals surface area contributed by atoms with Gasteiger partial charge in [-0.05, 0) is 24.0 Å². The molecular weight excluding hydrogens is 276 g/mol. The third-order valence-corrected chi connectivity index (χ3v) is 3.19. The molecule has 0 aliphatic rings. The second kappa shape index (κ2) is 9.43. The van der Waals surface area contributed by atoms with E-state index in [1.807, 2.05) is 18.2 Å². The lowest BCUT2D eigenvalue weighted by Gasteiger charge is -2.07. The highest BCUT2D eigenvalue weighted by Gasteiger charge is 1.97. The summed E-state index contributed by atoms with van der Waals surface area (Å²) in [7, 11) is 0. The smallest absolute Gasteiger partial charge is 0.0716 e. The van der Waals surface area contributed by atoms with Crippen LogP contribution >= 0.6 is 15.9 Å². The lowest BCUT2D eigenvalue weighted by Crippen LogP contribution is -1.99. The van der Waals surface area contributed by atoms with E-state index in [0.717, 1.165) is 23.9 Å². The minimum Gasteiger partial charge on any atom is -0.377 e. The lowest BCUT2D eigenvalue weighted by molar-refractivity contribution is 0.162. The summed E-state index contributed by atoms with van der Waals surface area (Å²) in [5.41, 5.74) is 2.23. The summed E-state index contributed by atoms with van der Waals surface area (Å²) in [5.74, 6) is 0. The van der Waals surface area contributed by atoms with E-state index in [9.17, 15) is 0 Å². The Kier molecular flexibility index (Phi) is 8.02. The van der Waals surface area contributed by atoms with Crippen molar-refractivity contribution < 1.29 is 4.74 Å². The first-order valence-corrected chi connectivity index (χ1v) is 7.33. The van der Waals surface area contributed by atoms with Gasteiger partial charge in [0.1, 0.15) is 0 Å². The van der Waals surface area contributed by atoms with Crippen LogP contribution in [0.15, 0.2) is 36.9 Å². The normalized spacial score (nSPS) is 10.4. The maximum absolute atomic E-state index is 5.62. The number of benzene rings is 1. The molecule has 0 saturated heterocycles. The van der Waals surface area contributed by atoms with Crippen molar-refractivity contribution in [2.24, 2.45) is 0 Å². The van der Waals surface area contributed by atoms with Gasteiger partial charge in [0.25, 0.3) is 0 Å². The highest BCUT2D eigenvalue weighted by molar-refractivity contribution is 9.09. The summed E-state index contributed by atoms with van der Waals surface area (Å²) in [6, 6.07) is 10.2. The van der Waals surface area contributed by atoms with E-state index in [2.05, 4.69) is 34.6 Å². The summed E-state index contributed by atoms with van der Waals surface area (Å²) in [6.45, 7) is 5.52. The van der Waals surface area contributed by atoms with E-state index in [-0.39, 0.29) is 0 Å². The molecule has 0 N–H and O–H groups in total. The number of ether oxygens (including phenoxy) is 1. The molecule has 1 rings (SSSR count). The Balaban J connectivity index is 2.05. The van der Waals surface area contributed by atoms with Crippen LogP contribution in [0.3, 0.4) is 0 Å². The van der Waals surface area contributed by atoms with Crippen LogP contribution in [0.2, 0.25) is 0 Å². The van der Waals surface area contributed by atoms with E-state index in [0.29, 0.717) is 6.61 Å². The summed E-state index contributed by atoms with van der Waals surface area (Å²) >= 11 is 3.43. The van der Waals surface area contributed by atoms with Crippen LogP contribution in [-0.2, 0) is 4.74 Å². The SMILES string of the molecule is C=C(COCCCCCCBr)c1ccccc1. The van der Waals surface area contributed by atoms with Crippen molar-refractivity contribution in [2.75, 3.05) is 18.5 Å². The average molecular weight is 297 g/mol. The Bertz CT molecular complexity index is 308. The summed E-state index contributed by atoms with van der Waals surface area (Å²) in [6.07, 6.45) is 4.95. The predicted octanol–water partition coefficient (Wildman–Crippen LogP) is 4.67. The highest BCUT2D eigenvalue weighted by Crippen LogP contribution is 2.12. The van der Waals surface area contributed by atoms with Gasteiger partial charge in [0.05, 0.1) is 6.61 Å². The van der Waals surface area contributed by atoms with Crippen molar-refractivity contribution in [1.82, 2.24) is 0 Å². The van der Waals surface area contributed by atoms with Gasteiger partial charge in [-0.25, -0.2) is 0 Å². The maximum atomic E-state index is 5.62. The zero-order chi connectivity index (χ0) is 12.3. The molecule has 17 heavy (non-hydrogen) atoms. The second-order valence-corrected chi connectivity index (χ2v) is 4.92. The zero-order valence-corrected chi connectivity index (χ0v) is 11.9. The largest absolute Gasteiger partial charge is 0.377 e. The van der Waals surface area contributed by atoms with Gasteiger partial charge in [-0.1, -0.05) is 65.7 Å². The molecule has 0 aromatic heterocycles. The zero-order valence-electron chi connectivity index (χ0n) is 10.3. The van der Waals surface area contributed by atoms with Crippen LogP contribution in [0, 0.1) is 0 Å². The van der Waals surface area contributed by atoms with Gasteiger partial charge in [0.15, 0.2) is 0 Å². The molecule has 1 aromatic carbocycles. The van der Waals surface area contributed by atoms with Gasteiger partial charge >= 0.3 is 0 Å². The molecule has 0 atom stereocenters. The molecular formula is C15H21BrO. The standard InChI is InChI=1S/C15H21BrO/c1-14(15-9-5-4-6-10-15)13-17-12-8-3-2-7-11-16/h4-6,9-10H,1-3,7-8,11-13H2. The van der Waals surface area contributed by atoms with Gasteiger partial charge in [-0.3, -0.25) is 0 Å². The van der Waals surface area contributed by atoms with Crippen LogP contribution in [-0.4, -0.2) is 18.5 Å². The van der Waals surface area contributed by atoms with Crippen molar-refractivity contribution >= 4 is 21.5 Å². The van der Waals surface area contributed by atoms with E-state index < -0.39 is 0 Å². The van der Waals surface area contributed by atoms with Crippen molar-refractivity contribution in [3.8, 4) is 0 Å². The molecule has 0 unspecified atom stereocenters. The molecule has 0 saturated carbocycles. The first-order valence-electron chi connectivity index (χ1n) is 6.21. The first kappa shape index (κ1) is 14.5. The molecule has 0 aliphatic carbocycles. The van der Waals surface area contributed by atoms with Gasteiger partial charge in [-0.2, -0.15) is 0 Å². The number of alkyl halides is 1. The van der Waals surface area contributed by atoms with Crippen LogP contribution in [0.1, 0.15) is 31.2 Å². The van der Waals surface area contributed by atoms with Crippen LogP contribution in [0.25, 0.3) is 5.57 Å². The Morgan fingerprint density at radius 1 is 1.06 bits per heavy atom. The Morgan fingerprint density at radius 3 is 2.47 bits per heavy atom. The molecule has 0 radical (unpaired) electrons. The van der Waals surface area contributed by atoms with Crippen molar-refractivity contribution in [3.05, 3.63) is 42.5 Å². The van der Waals surface area contributed by atoms with Crippen molar-refractivity contribution in [2.45, 2.75) is 25.7 Å². The molecule has 94 valence electrons. The van der Waals surface area contributed by atoms with Crippen molar-refractivity contribution in [3.63, 3.8) is 0 Å². The van der Waals surface area contributed by atoms with Gasteiger partial charge in [-0.15, -0.1) is 0 Å². The van der Waals surface area contributed by atoms with E-state index in [1.54, 1.807) is 0 Å². The van der Waals surface area contributed by atoms with Crippen LogP contribution < -0.4 is 0 Å². The molecule has 0 fully saturated rings. The van der Waals surface area contributed by atoms with Crippen LogP contribution in [0.4, 0.5) is 0 Å². The van der Waals surface area contributed by atoms with E-state index >= 15 is 0 Å². The highest BCUT2D eigenvalue weighted by atomic mass is 79.9. The molecule has 0 bridgehead atoms. The summed E-state index contributed by atoms with van der Waals surface area (Å²) in [4.78, 5) is 0. The fourth-order valence-electron chi connectivity index (χ4n) is 1.60. The minimum atomic E-state index is 0.641. The van der Waals surface area contributed by atoms with Crippen molar-refractivity contribution in [1.29, 1.82) is 0 Å². The number of halogens is 1. The molecule has 1 nitrogen and oxygen atoms in total. The third-order valence-electron chi connectivity index (χ3n) is 2.63. The fourth-order valence-corrected chi connectivity index (χ4v) is 2.00. The molecule has 0 amide bonds. The number of unbranched alkanes of at least 4 members (excludes halogenated alkanes) is 3. The Labute approximate surface area is 113 Å². The Hall–Kier alpha value is -0.600. The molecule has 0 aliphatic heterocycles. The van der Waals surface area contributed by atoms with Gasteiger partial charge in [0, 0.05) is 11.9 Å². The monoisotopic (exact) mass is 296 g/mol.